The molecule has 0 spiro atoms. The predicted octanol–water partition coefficient (Wildman–Crippen LogP) is 30.9. The summed E-state index contributed by atoms with van der Waals surface area (Å²) in [7, 11) is 1.69. The Bertz CT molecular complexity index is 2760. The Morgan fingerprint density at radius 3 is 1.06 bits per heavy atom. The molecular weight excluding hydrogens is 1190 g/mol. The van der Waals surface area contributed by atoms with Crippen LogP contribution in [-0.2, 0) is 37.7 Å². The van der Waals surface area contributed by atoms with Crippen LogP contribution in [0.1, 0.15) is 361 Å². The number of ether oxygens (including phenoxy) is 1. The summed E-state index contributed by atoms with van der Waals surface area (Å²) in [5, 5.41) is 8.92. The zero-order chi connectivity index (χ0) is 76.4. The first-order valence-electron chi connectivity index (χ1n) is 39.8. The van der Waals surface area contributed by atoms with Gasteiger partial charge in [-0.3, -0.25) is 0 Å². The van der Waals surface area contributed by atoms with E-state index >= 15 is 0 Å². The van der Waals surface area contributed by atoms with Crippen LogP contribution < -0.4 is 4.74 Å². The van der Waals surface area contributed by atoms with Gasteiger partial charge in [0.25, 0.3) is 0 Å². The molecule has 0 saturated heterocycles. The van der Waals surface area contributed by atoms with Gasteiger partial charge in [0.15, 0.2) is 0 Å². The number of fused-ring (bicyclic) bond motifs is 2. The van der Waals surface area contributed by atoms with E-state index in [2.05, 4.69) is 277 Å². The molecule has 0 radical (unpaired) electrons. The van der Waals surface area contributed by atoms with E-state index in [4.69, 9.17) is 9.84 Å². The van der Waals surface area contributed by atoms with Gasteiger partial charge in [-0.1, -0.05) is 385 Å². The van der Waals surface area contributed by atoms with E-state index in [1.54, 1.807) is 29.4 Å². The largest absolute Gasteiger partial charge is 0.497 e. The number of methoxy groups -OCH3 is 1. The normalized spacial score (nSPS) is 15.3. The maximum absolute atomic E-state index is 8.92. The standard InChI is InChI=1S/C14H22.C12H16.C12H18.2C11H16O.C11H14.C11H16.7C2H6/c1-6-11(2)12-8-7-9-13(10-12)14(3,4)5;1-9-7-11-5-3-4-6-12(11)8-10(9)2;1-4-10(3)12-8-6-7-11(5-2)9-12;1-4-9(2)10-5-7-11(12-3)8-6-10;1-3-9(2)11-6-4-5-10(7-11)8-12;1-8-7-10-5-3-4-6-11(10)9(8)2;1-4-10(3)11-7-5-9(2)6-8-11;7*1-2/h7-11H,6H2,1-5H3;3-6,9-10H,7-8H2,1-2H3;6-10H,4-5H2,1-3H3;5-9H,4H2,1-3H3;4-7,9,12H,3,8H2,1-2H3;3-6,8-9H,7H2,1-2H3;5-8,10H,4H2,1-3H3;7*1-2H3. The molecule has 0 amide bonds. The third kappa shape index (κ3) is 41.1. The Balaban J connectivity index is -0.000000333. The first kappa shape index (κ1) is 101. The van der Waals surface area contributed by atoms with E-state index in [0.717, 1.165) is 47.8 Å². The minimum atomic E-state index is 0.143. The van der Waals surface area contributed by atoms with Crippen molar-refractivity contribution in [2.75, 3.05) is 7.11 Å². The zero-order valence-corrected chi connectivity index (χ0v) is 70.8. The molecule has 0 saturated carbocycles. The average molecular weight is 1350 g/mol. The van der Waals surface area contributed by atoms with Gasteiger partial charge in [0.05, 0.1) is 13.7 Å². The van der Waals surface area contributed by atoms with Gasteiger partial charge in [0.2, 0.25) is 0 Å². The fraction of sp³-hybridized carbons (Fsp3) is 0.562. The van der Waals surface area contributed by atoms with E-state index in [1.165, 1.54) is 89.5 Å². The number of hydrogen-bond donors (Lipinski definition) is 1. The SMILES string of the molecule is CC.CC.CC.CC.CC.CC.CC.CC1Cc2ccccc2C1C.CC1Cc2ccccc2CC1C.CCC(C)c1ccc(C)cc1.CCC(C)c1ccc(OC)cc1.CCC(C)c1cccc(C(C)(C)C)c1.CCC(C)c1cccc(CO)c1.CCc1cccc(C(C)CC)c1. The molecule has 9 atom stereocenters. The van der Waals surface area contributed by atoms with Crippen molar-refractivity contribution in [1.29, 1.82) is 0 Å². The van der Waals surface area contributed by atoms with Crippen LogP contribution in [0, 0.1) is 24.7 Å². The lowest BCUT2D eigenvalue weighted by molar-refractivity contribution is 0.281. The monoisotopic (exact) mass is 1350 g/mol. The molecule has 0 aromatic heterocycles. The smallest absolute Gasteiger partial charge is 0.118 e. The highest BCUT2D eigenvalue weighted by molar-refractivity contribution is 5.36. The van der Waals surface area contributed by atoms with Gasteiger partial charge in [-0.2, -0.15) is 0 Å². The van der Waals surface area contributed by atoms with E-state index in [1.807, 2.05) is 121 Å². The minimum Gasteiger partial charge on any atom is -0.497 e. The molecule has 2 aliphatic carbocycles. The molecule has 556 valence electrons. The molecule has 2 heteroatoms. The molecule has 98 heavy (non-hydrogen) atoms. The highest BCUT2D eigenvalue weighted by Gasteiger charge is 2.25. The van der Waals surface area contributed by atoms with Crippen molar-refractivity contribution in [3.8, 4) is 5.75 Å². The molecule has 2 aliphatic rings. The van der Waals surface area contributed by atoms with Crippen molar-refractivity contribution in [3.05, 3.63) is 242 Å². The molecule has 0 fully saturated rings. The fourth-order valence-corrected chi connectivity index (χ4v) is 10.5. The maximum atomic E-state index is 8.92. The molecule has 0 bridgehead atoms. The lowest BCUT2D eigenvalue weighted by Crippen LogP contribution is -2.20. The van der Waals surface area contributed by atoms with Crippen molar-refractivity contribution in [2.24, 2.45) is 17.8 Å². The van der Waals surface area contributed by atoms with E-state index in [9.17, 15) is 0 Å². The molecular formula is C96H160O2. The second-order valence-corrected chi connectivity index (χ2v) is 25.9. The van der Waals surface area contributed by atoms with Gasteiger partial charge in [0.1, 0.15) is 5.75 Å². The van der Waals surface area contributed by atoms with E-state index < -0.39 is 0 Å². The van der Waals surface area contributed by atoms with Crippen LogP contribution in [0.5, 0.6) is 5.75 Å². The summed E-state index contributed by atoms with van der Waals surface area (Å²) < 4.78 is 5.08. The van der Waals surface area contributed by atoms with Gasteiger partial charge in [-0.05, 0) is 202 Å². The first-order valence-corrected chi connectivity index (χ1v) is 39.8. The Kier molecular flexibility index (Phi) is 65.4. The van der Waals surface area contributed by atoms with Crippen LogP contribution in [0.15, 0.2) is 170 Å². The molecule has 1 N–H and O–H groups in total. The molecule has 9 unspecified atom stereocenters. The summed E-state index contributed by atoms with van der Waals surface area (Å²) in [6, 6.07) is 60.9. The number of rotatable bonds is 13. The number of hydrogen-bond acceptors (Lipinski definition) is 2. The summed E-state index contributed by atoms with van der Waals surface area (Å²) in [6.45, 7) is 71.0. The minimum absolute atomic E-state index is 0.143. The van der Waals surface area contributed by atoms with Crippen LogP contribution in [-0.4, -0.2) is 12.2 Å². The molecule has 2 nitrogen and oxygen atoms in total. The first-order chi connectivity index (χ1) is 47.1. The van der Waals surface area contributed by atoms with E-state index in [-0.39, 0.29) is 12.0 Å². The second kappa shape index (κ2) is 63.5. The van der Waals surface area contributed by atoms with Crippen molar-refractivity contribution in [1.82, 2.24) is 0 Å². The molecule has 9 rings (SSSR count). The van der Waals surface area contributed by atoms with Crippen molar-refractivity contribution >= 4 is 0 Å². The highest BCUT2D eigenvalue weighted by atomic mass is 16.5. The summed E-state index contributed by atoms with van der Waals surface area (Å²) in [6.07, 6.45) is 11.0. The zero-order valence-electron chi connectivity index (χ0n) is 70.8. The summed E-state index contributed by atoms with van der Waals surface area (Å²) in [5.41, 5.74) is 18.9. The molecule has 7 aromatic carbocycles. The van der Waals surface area contributed by atoms with Gasteiger partial charge in [-0.25, -0.2) is 0 Å². The summed E-state index contributed by atoms with van der Waals surface area (Å²) in [4.78, 5) is 0. The third-order valence-corrected chi connectivity index (χ3v) is 18.5. The lowest BCUT2D eigenvalue weighted by atomic mass is 9.78. The summed E-state index contributed by atoms with van der Waals surface area (Å²) in [5.74, 6) is 7.59. The Morgan fingerprint density at radius 2 is 0.704 bits per heavy atom. The lowest BCUT2D eigenvalue weighted by Gasteiger charge is -2.27. The van der Waals surface area contributed by atoms with Crippen LogP contribution in [0.3, 0.4) is 0 Å². The van der Waals surface area contributed by atoms with Crippen LogP contribution in [0.2, 0.25) is 0 Å². The number of aryl methyl sites for hydroxylation is 2. The quantitative estimate of drug-likeness (QED) is 0.125. The van der Waals surface area contributed by atoms with Crippen molar-refractivity contribution < 1.29 is 9.84 Å². The van der Waals surface area contributed by atoms with Crippen LogP contribution >= 0.6 is 0 Å². The van der Waals surface area contributed by atoms with Gasteiger partial charge in [-0.15, -0.1) is 0 Å². The van der Waals surface area contributed by atoms with Crippen molar-refractivity contribution in [3.63, 3.8) is 0 Å². The second-order valence-electron chi connectivity index (χ2n) is 25.9. The molecule has 0 aliphatic heterocycles. The van der Waals surface area contributed by atoms with E-state index in [0.29, 0.717) is 29.6 Å². The Hall–Kier alpha value is -5.70. The number of aliphatic hydroxyl groups is 1. The van der Waals surface area contributed by atoms with Crippen LogP contribution in [0.25, 0.3) is 0 Å². The van der Waals surface area contributed by atoms with Crippen molar-refractivity contribution in [2.45, 2.75) is 334 Å². The number of aliphatic hydroxyl groups excluding tert-OH is 1. The van der Waals surface area contributed by atoms with Gasteiger partial charge >= 0.3 is 0 Å². The highest BCUT2D eigenvalue weighted by Crippen LogP contribution is 2.37. The molecule has 0 heterocycles. The predicted molar refractivity (Wildman–Crippen MR) is 450 cm³/mol. The third-order valence-electron chi connectivity index (χ3n) is 18.5. The fourth-order valence-electron chi connectivity index (χ4n) is 10.5. The Morgan fingerprint density at radius 1 is 0.378 bits per heavy atom. The molecule has 7 aromatic rings. The maximum Gasteiger partial charge on any atom is 0.118 e. The van der Waals surface area contributed by atoms with Gasteiger partial charge < -0.3 is 9.84 Å². The summed E-state index contributed by atoms with van der Waals surface area (Å²) >= 11 is 0. The van der Waals surface area contributed by atoms with Crippen LogP contribution in [0.4, 0.5) is 0 Å². The van der Waals surface area contributed by atoms with Gasteiger partial charge in [0, 0.05) is 0 Å². The topological polar surface area (TPSA) is 29.5 Å². The average Bonchev–Trinajstić information content (AvgIpc) is 1.55. The Labute approximate surface area is 612 Å². The number of benzene rings is 7.